The lowest BCUT2D eigenvalue weighted by Gasteiger charge is -2.11. The maximum absolute atomic E-state index is 12.4. The van der Waals surface area contributed by atoms with E-state index in [1.165, 1.54) is 0 Å². The number of aromatic nitrogens is 1. The molecule has 1 aliphatic rings. The number of rotatable bonds is 5. The highest BCUT2D eigenvalue weighted by molar-refractivity contribution is 6.30. The molecule has 1 aromatic carbocycles. The minimum absolute atomic E-state index is 0.0433. The molecule has 1 fully saturated rings. The molecule has 27 heavy (non-hydrogen) atoms. The van der Waals surface area contributed by atoms with Crippen LogP contribution in [0.5, 0.6) is 0 Å². The second-order valence-corrected chi connectivity index (χ2v) is 7.09. The van der Waals surface area contributed by atoms with Gasteiger partial charge in [-0.25, -0.2) is 0 Å². The second kappa shape index (κ2) is 8.43. The maximum Gasteiger partial charge on any atom is 0.262 e. The van der Waals surface area contributed by atoms with Crippen molar-refractivity contribution in [3.8, 4) is 11.8 Å². The fourth-order valence-electron chi connectivity index (χ4n) is 3.36. The molecule has 0 radical (unpaired) electrons. The molecule has 5 nitrogen and oxygen atoms in total. The van der Waals surface area contributed by atoms with E-state index in [0.717, 1.165) is 42.1 Å². The van der Waals surface area contributed by atoms with E-state index >= 15 is 0 Å². The maximum atomic E-state index is 12.4. The van der Waals surface area contributed by atoms with Gasteiger partial charge in [0.1, 0.15) is 11.6 Å². The van der Waals surface area contributed by atoms with Crippen LogP contribution in [0.4, 0.5) is 0 Å². The van der Waals surface area contributed by atoms with Gasteiger partial charge in [0.05, 0.1) is 6.10 Å². The molecule has 1 amide bonds. The van der Waals surface area contributed by atoms with E-state index < -0.39 is 0 Å². The van der Waals surface area contributed by atoms with Gasteiger partial charge in [-0.2, -0.15) is 5.26 Å². The van der Waals surface area contributed by atoms with Gasteiger partial charge in [0.15, 0.2) is 0 Å². The van der Waals surface area contributed by atoms with Crippen LogP contribution < -0.4 is 5.32 Å². The minimum atomic E-state index is -0.374. The molecule has 3 rings (SSSR count). The van der Waals surface area contributed by atoms with Gasteiger partial charge in [0, 0.05) is 35.2 Å². The number of nitriles is 1. The number of ether oxygens (including phenoxy) is 1. The number of carbonyl (C=O) groups excluding carboxylic acids is 1. The number of nitrogens with one attached hydrogen (secondary N) is 1. The fourth-order valence-corrected chi connectivity index (χ4v) is 3.54. The molecule has 0 aliphatic carbocycles. The first-order valence-corrected chi connectivity index (χ1v) is 9.34. The monoisotopic (exact) mass is 383 g/mol. The number of hydrogen-bond donors (Lipinski definition) is 1. The van der Waals surface area contributed by atoms with E-state index in [-0.39, 0.29) is 17.6 Å². The van der Waals surface area contributed by atoms with Crippen LogP contribution in [-0.2, 0) is 9.53 Å². The molecule has 0 unspecified atom stereocenters. The van der Waals surface area contributed by atoms with E-state index in [1.807, 2.05) is 50.2 Å². The number of nitrogens with zero attached hydrogens (tertiary/aromatic N) is 2. The summed E-state index contributed by atoms with van der Waals surface area (Å²) in [5, 5.41) is 12.9. The number of benzene rings is 1. The number of halogens is 1. The SMILES string of the molecule is Cc1cc(/C=C(\C#N)C(=O)NC[C@@H]2CCCO2)c(C)n1-c1cccc(Cl)c1. The van der Waals surface area contributed by atoms with Crippen LogP contribution in [-0.4, -0.2) is 29.7 Å². The zero-order valence-electron chi connectivity index (χ0n) is 15.5. The summed E-state index contributed by atoms with van der Waals surface area (Å²) in [4.78, 5) is 12.4. The van der Waals surface area contributed by atoms with Crippen LogP contribution in [0, 0.1) is 25.2 Å². The quantitative estimate of drug-likeness (QED) is 0.628. The summed E-state index contributed by atoms with van der Waals surface area (Å²) in [5.41, 5.74) is 3.79. The molecule has 0 bridgehead atoms. The standard InChI is InChI=1S/C21H22ClN3O2/c1-14-9-16(15(2)25(14)19-6-3-5-18(22)11-19)10-17(12-23)21(26)24-13-20-7-4-8-27-20/h3,5-6,9-11,20H,4,7-8,13H2,1-2H3,(H,24,26)/b17-10+/t20-/m0/s1. The Morgan fingerprint density at radius 3 is 2.93 bits per heavy atom. The highest BCUT2D eigenvalue weighted by atomic mass is 35.5. The lowest BCUT2D eigenvalue weighted by molar-refractivity contribution is -0.117. The predicted octanol–water partition coefficient (Wildman–Crippen LogP) is 3.95. The Hall–Kier alpha value is -2.55. The molecule has 1 N–H and O–H groups in total. The number of hydrogen-bond acceptors (Lipinski definition) is 3. The van der Waals surface area contributed by atoms with Gasteiger partial charge >= 0.3 is 0 Å². The Bertz CT molecular complexity index is 918. The van der Waals surface area contributed by atoms with Crippen molar-refractivity contribution in [2.45, 2.75) is 32.8 Å². The average molecular weight is 384 g/mol. The fraction of sp³-hybridized carbons (Fsp3) is 0.333. The third-order valence-corrected chi connectivity index (χ3v) is 4.95. The van der Waals surface area contributed by atoms with Gasteiger partial charge in [-0.05, 0) is 62.6 Å². The van der Waals surface area contributed by atoms with Crippen molar-refractivity contribution < 1.29 is 9.53 Å². The average Bonchev–Trinajstić information content (AvgIpc) is 3.25. The summed E-state index contributed by atoms with van der Waals surface area (Å²) in [6.45, 7) is 5.10. The second-order valence-electron chi connectivity index (χ2n) is 6.66. The zero-order valence-corrected chi connectivity index (χ0v) is 16.2. The number of carbonyl (C=O) groups is 1. The van der Waals surface area contributed by atoms with E-state index in [1.54, 1.807) is 6.08 Å². The van der Waals surface area contributed by atoms with E-state index in [0.29, 0.717) is 11.6 Å². The van der Waals surface area contributed by atoms with Crippen LogP contribution in [0.3, 0.4) is 0 Å². The minimum Gasteiger partial charge on any atom is -0.376 e. The van der Waals surface area contributed by atoms with Gasteiger partial charge < -0.3 is 14.6 Å². The Balaban J connectivity index is 1.83. The zero-order chi connectivity index (χ0) is 19.4. The molecule has 2 heterocycles. The number of aryl methyl sites for hydroxylation is 1. The van der Waals surface area contributed by atoms with Crippen molar-refractivity contribution in [3.05, 3.63) is 57.9 Å². The van der Waals surface area contributed by atoms with Crippen LogP contribution in [0.15, 0.2) is 35.9 Å². The third-order valence-electron chi connectivity index (χ3n) is 4.72. The molecule has 1 aliphatic heterocycles. The van der Waals surface area contributed by atoms with Gasteiger partial charge in [-0.3, -0.25) is 4.79 Å². The van der Waals surface area contributed by atoms with Crippen molar-refractivity contribution in [1.29, 1.82) is 5.26 Å². The summed E-state index contributed by atoms with van der Waals surface area (Å²) in [5.74, 6) is -0.374. The predicted molar refractivity (Wildman–Crippen MR) is 106 cm³/mol. The van der Waals surface area contributed by atoms with Crippen LogP contribution >= 0.6 is 11.6 Å². The molecule has 0 spiro atoms. The van der Waals surface area contributed by atoms with Gasteiger partial charge in [-0.15, -0.1) is 0 Å². The molecule has 1 saturated heterocycles. The molecular formula is C21H22ClN3O2. The van der Waals surface area contributed by atoms with Crippen molar-refractivity contribution in [2.24, 2.45) is 0 Å². The summed E-state index contributed by atoms with van der Waals surface area (Å²) in [7, 11) is 0. The summed E-state index contributed by atoms with van der Waals surface area (Å²) < 4.78 is 7.55. The smallest absolute Gasteiger partial charge is 0.262 e. The Labute approximate surface area is 164 Å². The van der Waals surface area contributed by atoms with Crippen molar-refractivity contribution >= 4 is 23.6 Å². The van der Waals surface area contributed by atoms with Crippen LogP contribution in [0.2, 0.25) is 5.02 Å². The number of amides is 1. The van der Waals surface area contributed by atoms with E-state index in [9.17, 15) is 10.1 Å². The van der Waals surface area contributed by atoms with Crippen LogP contribution in [0.25, 0.3) is 11.8 Å². The topological polar surface area (TPSA) is 67.1 Å². The summed E-state index contributed by atoms with van der Waals surface area (Å²) >= 11 is 6.11. The van der Waals surface area contributed by atoms with Crippen molar-refractivity contribution in [3.63, 3.8) is 0 Å². The van der Waals surface area contributed by atoms with Gasteiger partial charge in [-0.1, -0.05) is 17.7 Å². The first-order chi connectivity index (χ1) is 13.0. The normalized spacial score (nSPS) is 17.0. The lowest BCUT2D eigenvalue weighted by Crippen LogP contribution is -2.32. The molecule has 0 saturated carbocycles. The van der Waals surface area contributed by atoms with Gasteiger partial charge in [0.2, 0.25) is 0 Å². The first kappa shape index (κ1) is 19.2. The summed E-state index contributed by atoms with van der Waals surface area (Å²) in [6, 6.07) is 11.5. The third kappa shape index (κ3) is 4.41. The van der Waals surface area contributed by atoms with E-state index in [2.05, 4.69) is 9.88 Å². The van der Waals surface area contributed by atoms with Crippen LogP contribution in [0.1, 0.15) is 29.8 Å². The van der Waals surface area contributed by atoms with Gasteiger partial charge in [0.25, 0.3) is 5.91 Å². The molecule has 1 aromatic heterocycles. The molecule has 6 heteroatoms. The summed E-state index contributed by atoms with van der Waals surface area (Å²) in [6.07, 6.45) is 3.62. The van der Waals surface area contributed by atoms with Crippen molar-refractivity contribution in [1.82, 2.24) is 9.88 Å². The lowest BCUT2D eigenvalue weighted by atomic mass is 10.1. The molecule has 1 atom stereocenters. The van der Waals surface area contributed by atoms with Crippen molar-refractivity contribution in [2.75, 3.05) is 13.2 Å². The molecule has 2 aromatic rings. The first-order valence-electron chi connectivity index (χ1n) is 8.96. The Morgan fingerprint density at radius 1 is 1.44 bits per heavy atom. The van der Waals surface area contributed by atoms with E-state index in [4.69, 9.17) is 16.3 Å². The largest absolute Gasteiger partial charge is 0.376 e. The Morgan fingerprint density at radius 2 is 2.26 bits per heavy atom. The molecular weight excluding hydrogens is 362 g/mol. The Kier molecular flexibility index (Phi) is 6.00. The highest BCUT2D eigenvalue weighted by Gasteiger charge is 2.18. The highest BCUT2D eigenvalue weighted by Crippen LogP contribution is 2.24. The molecule has 140 valence electrons.